The second-order valence-corrected chi connectivity index (χ2v) is 8.46. The summed E-state index contributed by atoms with van der Waals surface area (Å²) in [5, 5.41) is 3.00. The van der Waals surface area contributed by atoms with Crippen molar-refractivity contribution >= 4 is 17.2 Å². The fourth-order valence-corrected chi connectivity index (χ4v) is 5.35. The van der Waals surface area contributed by atoms with Gasteiger partial charge in [0.2, 0.25) is 0 Å². The van der Waals surface area contributed by atoms with Crippen molar-refractivity contribution in [3.8, 4) is 0 Å². The third-order valence-corrected chi connectivity index (χ3v) is 6.87. The Morgan fingerprint density at radius 2 is 2.22 bits per heavy atom. The number of likely N-dealkylation sites (tertiary alicyclic amines) is 1. The van der Waals surface area contributed by atoms with Crippen molar-refractivity contribution in [2.24, 2.45) is 0 Å². The van der Waals surface area contributed by atoms with Crippen LogP contribution in [0, 0.1) is 0 Å². The van der Waals surface area contributed by atoms with E-state index in [1.54, 1.807) is 11.3 Å². The lowest BCUT2D eigenvalue weighted by Gasteiger charge is -2.43. The van der Waals surface area contributed by atoms with Gasteiger partial charge in [0.15, 0.2) is 0 Å². The first-order chi connectivity index (χ1) is 13.2. The molecule has 5 nitrogen and oxygen atoms in total. The van der Waals surface area contributed by atoms with E-state index in [0.29, 0.717) is 0 Å². The minimum atomic E-state index is -0.206. The molecule has 1 N–H and O–H groups in total. The molecule has 0 saturated carbocycles. The molecular weight excluding hydrogens is 358 g/mol. The Labute approximate surface area is 164 Å². The van der Waals surface area contributed by atoms with Crippen LogP contribution in [0.5, 0.6) is 0 Å². The number of aromatic nitrogens is 1. The Balaban J connectivity index is 1.46. The Kier molecular flexibility index (Phi) is 5.57. The van der Waals surface area contributed by atoms with Crippen LogP contribution in [0.25, 0.3) is 0 Å². The molecule has 1 fully saturated rings. The van der Waals surface area contributed by atoms with Crippen LogP contribution in [-0.4, -0.2) is 42.0 Å². The van der Waals surface area contributed by atoms with Crippen molar-refractivity contribution in [1.82, 2.24) is 15.2 Å². The van der Waals surface area contributed by atoms with Gasteiger partial charge in [-0.25, -0.2) is 0 Å². The number of fused-ring (bicyclic) bond motifs is 2. The number of nitrogens with one attached hydrogen (secondary N) is 1. The number of pyridine rings is 1. The van der Waals surface area contributed by atoms with Crippen molar-refractivity contribution in [3.63, 3.8) is 0 Å². The minimum Gasteiger partial charge on any atom is -0.369 e. The lowest BCUT2D eigenvalue weighted by molar-refractivity contribution is -0.0961. The number of piperidine rings is 1. The van der Waals surface area contributed by atoms with Crippen LogP contribution in [0.2, 0.25) is 0 Å². The first-order valence-electron chi connectivity index (χ1n) is 9.88. The smallest absolute Gasteiger partial charge is 0.261 e. The van der Waals surface area contributed by atoms with Gasteiger partial charge in [-0.3, -0.25) is 14.7 Å². The van der Waals surface area contributed by atoms with Crippen LogP contribution in [0.1, 0.15) is 52.0 Å². The molecule has 0 bridgehead atoms. The van der Waals surface area contributed by atoms with E-state index in [2.05, 4.69) is 34.3 Å². The monoisotopic (exact) mass is 385 g/mol. The molecular formula is C21H27N3O2S. The van der Waals surface area contributed by atoms with Gasteiger partial charge < -0.3 is 10.1 Å². The lowest BCUT2D eigenvalue weighted by atomic mass is 9.85. The first-order valence-corrected chi connectivity index (χ1v) is 10.7. The average Bonchev–Trinajstić information content (AvgIpc) is 3.15. The zero-order valence-corrected chi connectivity index (χ0v) is 16.7. The summed E-state index contributed by atoms with van der Waals surface area (Å²) >= 11 is 1.64. The molecule has 2 aliphatic heterocycles. The maximum atomic E-state index is 12.4. The number of rotatable bonds is 5. The number of carbonyl (C=O) groups excluding carboxylic acids is 1. The number of carbonyl (C=O) groups is 1. The highest BCUT2D eigenvalue weighted by Gasteiger charge is 2.42. The van der Waals surface area contributed by atoms with Crippen molar-refractivity contribution in [2.75, 3.05) is 26.2 Å². The Morgan fingerprint density at radius 1 is 1.37 bits per heavy atom. The number of hydrogen-bond acceptors (Lipinski definition) is 5. The molecule has 1 amide bonds. The summed E-state index contributed by atoms with van der Waals surface area (Å²) < 4.78 is 6.34. The van der Waals surface area contributed by atoms with Crippen molar-refractivity contribution < 1.29 is 9.53 Å². The molecule has 2 aromatic heterocycles. The third kappa shape index (κ3) is 3.93. The van der Waals surface area contributed by atoms with Gasteiger partial charge >= 0.3 is 0 Å². The van der Waals surface area contributed by atoms with E-state index in [0.717, 1.165) is 69.0 Å². The summed E-state index contributed by atoms with van der Waals surface area (Å²) in [5.74, 6) is 0.0546. The molecule has 4 rings (SSSR count). The zero-order chi connectivity index (χ0) is 18.7. The van der Waals surface area contributed by atoms with Crippen molar-refractivity contribution in [1.29, 1.82) is 0 Å². The quantitative estimate of drug-likeness (QED) is 0.858. The zero-order valence-electron chi connectivity index (χ0n) is 15.9. The number of ether oxygens (including phenoxy) is 1. The molecule has 4 heterocycles. The van der Waals surface area contributed by atoms with Crippen LogP contribution in [0.15, 0.2) is 30.5 Å². The molecule has 144 valence electrons. The highest BCUT2D eigenvalue weighted by Crippen LogP contribution is 2.45. The molecule has 1 spiro atoms. The van der Waals surface area contributed by atoms with Crippen LogP contribution in [0.4, 0.5) is 0 Å². The van der Waals surface area contributed by atoms with Gasteiger partial charge in [0.05, 0.1) is 17.2 Å². The molecule has 2 aromatic rings. The second kappa shape index (κ2) is 8.09. The molecule has 0 radical (unpaired) electrons. The van der Waals surface area contributed by atoms with Crippen LogP contribution in [-0.2, 0) is 23.3 Å². The largest absolute Gasteiger partial charge is 0.369 e. The van der Waals surface area contributed by atoms with Crippen molar-refractivity contribution in [2.45, 2.75) is 44.8 Å². The molecule has 1 saturated heterocycles. The fraction of sp³-hybridized carbons (Fsp3) is 0.524. The second-order valence-electron chi connectivity index (χ2n) is 7.41. The third-order valence-electron chi connectivity index (χ3n) is 5.51. The number of thiophene rings is 1. The average molecular weight is 386 g/mol. The van der Waals surface area contributed by atoms with Crippen molar-refractivity contribution in [3.05, 3.63) is 51.5 Å². The van der Waals surface area contributed by atoms with Crippen LogP contribution >= 0.6 is 11.3 Å². The van der Waals surface area contributed by atoms with Gasteiger partial charge in [-0.05, 0) is 49.4 Å². The fourth-order valence-electron chi connectivity index (χ4n) is 4.02. The van der Waals surface area contributed by atoms with Crippen LogP contribution < -0.4 is 5.32 Å². The van der Waals surface area contributed by atoms with E-state index < -0.39 is 0 Å². The standard InChI is InChI=1S/C21H27N3O2S/c1-2-9-23-20(25)18-14-16-6-13-26-21(19(16)27-18)7-11-24(12-8-21)15-17-5-3-4-10-22-17/h3-5,10,14H,2,6-9,11-13,15H2,1H3,(H,23,25). The Hall–Kier alpha value is -1.76. The highest BCUT2D eigenvalue weighted by atomic mass is 32.1. The van der Waals surface area contributed by atoms with E-state index in [-0.39, 0.29) is 11.5 Å². The Bertz CT molecular complexity index is 782. The molecule has 0 aliphatic carbocycles. The summed E-state index contributed by atoms with van der Waals surface area (Å²) in [7, 11) is 0. The van der Waals surface area contributed by atoms with E-state index in [1.165, 1.54) is 10.4 Å². The maximum Gasteiger partial charge on any atom is 0.261 e. The molecule has 0 atom stereocenters. The summed E-state index contributed by atoms with van der Waals surface area (Å²) in [6, 6.07) is 8.17. The van der Waals surface area contributed by atoms with Gasteiger partial charge in [-0.15, -0.1) is 11.3 Å². The molecule has 6 heteroatoms. The summed E-state index contributed by atoms with van der Waals surface area (Å²) in [4.78, 5) is 21.4. The van der Waals surface area contributed by atoms with E-state index in [9.17, 15) is 4.79 Å². The summed E-state index contributed by atoms with van der Waals surface area (Å²) in [6.07, 6.45) is 5.67. The van der Waals surface area contributed by atoms with E-state index in [4.69, 9.17) is 4.74 Å². The number of nitrogens with zero attached hydrogens (tertiary/aromatic N) is 2. The lowest BCUT2D eigenvalue weighted by Crippen LogP contribution is -2.45. The Morgan fingerprint density at radius 3 is 2.96 bits per heavy atom. The molecule has 0 aromatic carbocycles. The van der Waals surface area contributed by atoms with Crippen LogP contribution in [0.3, 0.4) is 0 Å². The number of hydrogen-bond donors (Lipinski definition) is 1. The van der Waals surface area contributed by atoms with E-state index >= 15 is 0 Å². The first kappa shape index (κ1) is 18.6. The minimum absolute atomic E-state index is 0.0546. The molecule has 27 heavy (non-hydrogen) atoms. The highest BCUT2D eigenvalue weighted by molar-refractivity contribution is 7.14. The summed E-state index contributed by atoms with van der Waals surface area (Å²) in [5.41, 5.74) is 2.22. The topological polar surface area (TPSA) is 54.5 Å². The van der Waals surface area contributed by atoms with Gasteiger partial charge in [-0.1, -0.05) is 13.0 Å². The summed E-state index contributed by atoms with van der Waals surface area (Å²) in [6.45, 7) is 6.42. The molecule has 0 unspecified atom stereocenters. The predicted octanol–water partition coefficient (Wildman–Crippen LogP) is 3.35. The van der Waals surface area contributed by atoms with Gasteiger partial charge in [-0.2, -0.15) is 0 Å². The normalized spacial score (nSPS) is 19.0. The van der Waals surface area contributed by atoms with Gasteiger partial charge in [0.25, 0.3) is 5.91 Å². The van der Waals surface area contributed by atoms with Gasteiger partial charge in [0.1, 0.15) is 5.60 Å². The SMILES string of the molecule is CCCNC(=O)c1cc2c(s1)C1(CCN(Cc3ccccn3)CC1)OCC2. The maximum absolute atomic E-state index is 12.4. The molecule has 2 aliphatic rings. The van der Waals surface area contributed by atoms with E-state index in [1.807, 2.05) is 18.3 Å². The number of amides is 1. The van der Waals surface area contributed by atoms with Gasteiger partial charge in [0, 0.05) is 37.3 Å². The predicted molar refractivity (Wildman–Crippen MR) is 107 cm³/mol.